The van der Waals surface area contributed by atoms with Crippen LogP contribution in [0, 0.1) is 0 Å². The fourth-order valence-electron chi connectivity index (χ4n) is 3.58. The normalized spacial score (nSPS) is 19.3. The smallest absolute Gasteiger partial charge is 0.323 e. The number of anilines is 1. The lowest BCUT2D eigenvalue weighted by Gasteiger charge is -2.29. The molecule has 0 aliphatic carbocycles. The third kappa shape index (κ3) is 3.12. The highest BCUT2D eigenvalue weighted by Crippen LogP contribution is 2.34. The minimum absolute atomic E-state index is 0.0284. The van der Waals surface area contributed by atoms with Gasteiger partial charge in [-0.05, 0) is 66.9 Å². The minimum Gasteiger partial charge on any atom is -0.325 e. The maximum absolute atomic E-state index is 12.7. The zero-order chi connectivity index (χ0) is 17.4. The van der Waals surface area contributed by atoms with Gasteiger partial charge in [-0.3, -0.25) is 9.69 Å². The van der Waals surface area contributed by atoms with Crippen LogP contribution in [0.1, 0.15) is 31.4 Å². The second kappa shape index (κ2) is 6.50. The predicted molar refractivity (Wildman–Crippen MR) is 100 cm³/mol. The number of hydrogen-bond donors (Lipinski definition) is 3. The molecule has 1 aliphatic rings. The van der Waals surface area contributed by atoms with Crippen molar-refractivity contribution < 1.29 is 4.79 Å². The van der Waals surface area contributed by atoms with Crippen LogP contribution in [0.2, 0.25) is 0 Å². The number of benzene rings is 1. The van der Waals surface area contributed by atoms with Gasteiger partial charge in [0.2, 0.25) is 5.91 Å². The molecule has 7 heteroatoms. The highest BCUT2D eigenvalue weighted by Gasteiger charge is 2.33. The molecule has 3 heterocycles. The van der Waals surface area contributed by atoms with Crippen LogP contribution in [0.4, 0.5) is 5.69 Å². The first-order valence-electron chi connectivity index (χ1n) is 8.42. The first-order chi connectivity index (χ1) is 12.1. The molecular weight excluding hydrogens is 336 g/mol. The monoisotopic (exact) mass is 356 g/mol. The van der Waals surface area contributed by atoms with Crippen LogP contribution in [0.25, 0.3) is 11.0 Å². The summed E-state index contributed by atoms with van der Waals surface area (Å²) in [6, 6.07) is 7.62. The number of aromatic amines is 2. The van der Waals surface area contributed by atoms with Gasteiger partial charge in [0.1, 0.15) is 0 Å². The minimum atomic E-state index is -0.248. The van der Waals surface area contributed by atoms with E-state index in [1.54, 1.807) is 29.5 Å². The summed E-state index contributed by atoms with van der Waals surface area (Å²) < 4.78 is 0. The zero-order valence-electron chi connectivity index (χ0n) is 13.9. The van der Waals surface area contributed by atoms with E-state index in [4.69, 9.17) is 0 Å². The molecule has 1 amide bonds. The highest BCUT2D eigenvalue weighted by atomic mass is 32.1. The summed E-state index contributed by atoms with van der Waals surface area (Å²) in [5.41, 5.74) is 3.16. The molecule has 25 heavy (non-hydrogen) atoms. The Hall–Kier alpha value is -2.38. The van der Waals surface area contributed by atoms with Crippen molar-refractivity contribution in [1.82, 2.24) is 14.9 Å². The van der Waals surface area contributed by atoms with Crippen molar-refractivity contribution in [3.8, 4) is 0 Å². The van der Waals surface area contributed by atoms with Crippen molar-refractivity contribution in [3.05, 3.63) is 51.1 Å². The number of thiophene rings is 1. The molecule has 0 spiro atoms. The van der Waals surface area contributed by atoms with Crippen LogP contribution in [-0.4, -0.2) is 33.4 Å². The summed E-state index contributed by atoms with van der Waals surface area (Å²) in [4.78, 5) is 31.8. The van der Waals surface area contributed by atoms with Gasteiger partial charge >= 0.3 is 5.69 Å². The molecule has 2 unspecified atom stereocenters. The maximum atomic E-state index is 12.7. The van der Waals surface area contributed by atoms with Gasteiger partial charge in [-0.2, -0.15) is 11.3 Å². The molecule has 0 saturated carbocycles. The summed E-state index contributed by atoms with van der Waals surface area (Å²) in [7, 11) is 0. The van der Waals surface area contributed by atoms with Crippen molar-refractivity contribution in [1.29, 1.82) is 0 Å². The Morgan fingerprint density at radius 1 is 1.32 bits per heavy atom. The SMILES string of the molecule is CC(C(=O)Nc1ccc2[nH]c(=O)[nH]c2c1)N1CCCC1c1ccsc1. The van der Waals surface area contributed by atoms with E-state index in [0.29, 0.717) is 17.2 Å². The van der Waals surface area contributed by atoms with E-state index in [1.807, 2.05) is 6.92 Å². The number of imidazole rings is 1. The lowest BCUT2D eigenvalue weighted by Crippen LogP contribution is -2.41. The van der Waals surface area contributed by atoms with E-state index in [2.05, 4.69) is 37.0 Å². The fourth-order valence-corrected chi connectivity index (χ4v) is 4.29. The molecule has 1 aromatic carbocycles. The number of aromatic nitrogens is 2. The van der Waals surface area contributed by atoms with Gasteiger partial charge in [-0.25, -0.2) is 4.79 Å². The number of likely N-dealkylation sites (tertiary alicyclic amines) is 1. The molecule has 6 nitrogen and oxygen atoms in total. The van der Waals surface area contributed by atoms with Crippen LogP contribution in [0.5, 0.6) is 0 Å². The van der Waals surface area contributed by atoms with Crippen LogP contribution in [0.3, 0.4) is 0 Å². The summed E-state index contributed by atoms with van der Waals surface area (Å²) in [6.45, 7) is 2.88. The summed E-state index contributed by atoms with van der Waals surface area (Å²) in [5, 5.41) is 7.23. The van der Waals surface area contributed by atoms with E-state index in [0.717, 1.165) is 24.9 Å². The third-order valence-corrected chi connectivity index (χ3v) is 5.58. The van der Waals surface area contributed by atoms with E-state index in [9.17, 15) is 9.59 Å². The number of nitrogens with zero attached hydrogens (tertiary/aromatic N) is 1. The molecule has 2 atom stereocenters. The summed E-state index contributed by atoms with van der Waals surface area (Å²) >= 11 is 1.70. The molecule has 2 aromatic heterocycles. The molecule has 1 fully saturated rings. The maximum Gasteiger partial charge on any atom is 0.323 e. The van der Waals surface area contributed by atoms with Crippen molar-refractivity contribution >= 4 is 34.0 Å². The van der Waals surface area contributed by atoms with Gasteiger partial charge in [-0.15, -0.1) is 0 Å². The number of carbonyl (C=O) groups excluding carboxylic acids is 1. The van der Waals surface area contributed by atoms with Gasteiger partial charge < -0.3 is 15.3 Å². The van der Waals surface area contributed by atoms with Crippen LogP contribution in [-0.2, 0) is 4.79 Å². The van der Waals surface area contributed by atoms with Gasteiger partial charge in [0.05, 0.1) is 17.1 Å². The second-order valence-electron chi connectivity index (χ2n) is 6.46. The second-order valence-corrected chi connectivity index (χ2v) is 7.24. The number of H-pyrrole nitrogens is 2. The van der Waals surface area contributed by atoms with Gasteiger partial charge in [0.25, 0.3) is 0 Å². The first kappa shape index (κ1) is 16.1. The summed E-state index contributed by atoms with van der Waals surface area (Å²) in [5.74, 6) is -0.0284. The van der Waals surface area contributed by atoms with E-state index < -0.39 is 0 Å². The zero-order valence-corrected chi connectivity index (χ0v) is 14.7. The van der Waals surface area contributed by atoms with E-state index in [-0.39, 0.29) is 17.6 Å². The molecule has 1 saturated heterocycles. The van der Waals surface area contributed by atoms with Crippen molar-refractivity contribution in [2.75, 3.05) is 11.9 Å². The van der Waals surface area contributed by atoms with Gasteiger partial charge in [-0.1, -0.05) is 0 Å². The molecule has 1 aliphatic heterocycles. The van der Waals surface area contributed by atoms with Crippen LogP contribution >= 0.6 is 11.3 Å². The topological polar surface area (TPSA) is 81.0 Å². The van der Waals surface area contributed by atoms with Gasteiger partial charge in [0, 0.05) is 11.7 Å². The number of amides is 1. The number of rotatable bonds is 4. The standard InChI is InChI=1S/C18H20N4O2S/c1-11(22-7-2-3-16(22)12-6-8-25-10-12)17(23)19-13-4-5-14-15(9-13)21-18(24)20-14/h4-6,8-11,16H,2-3,7H2,1H3,(H,19,23)(H2,20,21,24). The number of nitrogens with one attached hydrogen (secondary N) is 3. The molecule has 3 N–H and O–H groups in total. The molecule has 3 aromatic rings. The number of hydrogen-bond acceptors (Lipinski definition) is 4. The predicted octanol–water partition coefficient (Wildman–Crippen LogP) is 3.08. The average molecular weight is 356 g/mol. The van der Waals surface area contributed by atoms with Crippen molar-refractivity contribution in [2.45, 2.75) is 31.8 Å². The Balaban J connectivity index is 1.50. The third-order valence-electron chi connectivity index (χ3n) is 4.88. The molecule has 0 bridgehead atoms. The Bertz CT molecular complexity index is 944. The Labute approximate surface area is 148 Å². The van der Waals surface area contributed by atoms with Crippen molar-refractivity contribution in [3.63, 3.8) is 0 Å². The molecular formula is C18H20N4O2S. The average Bonchev–Trinajstić information content (AvgIpc) is 3.32. The molecule has 4 rings (SSSR count). The lowest BCUT2D eigenvalue weighted by molar-refractivity contribution is -0.121. The molecule has 0 radical (unpaired) electrons. The number of carbonyl (C=O) groups is 1. The highest BCUT2D eigenvalue weighted by molar-refractivity contribution is 7.07. The summed E-state index contributed by atoms with van der Waals surface area (Å²) in [6.07, 6.45) is 2.19. The molecule has 130 valence electrons. The lowest BCUT2D eigenvalue weighted by atomic mass is 10.1. The van der Waals surface area contributed by atoms with Crippen LogP contribution < -0.4 is 11.0 Å². The van der Waals surface area contributed by atoms with E-state index in [1.165, 1.54) is 5.56 Å². The van der Waals surface area contributed by atoms with Crippen molar-refractivity contribution in [2.24, 2.45) is 0 Å². The Kier molecular flexibility index (Phi) is 4.19. The number of fused-ring (bicyclic) bond motifs is 1. The Morgan fingerprint density at radius 2 is 2.16 bits per heavy atom. The Morgan fingerprint density at radius 3 is 2.96 bits per heavy atom. The van der Waals surface area contributed by atoms with E-state index >= 15 is 0 Å². The van der Waals surface area contributed by atoms with Gasteiger partial charge in [0.15, 0.2) is 0 Å². The quantitative estimate of drug-likeness (QED) is 0.672. The largest absolute Gasteiger partial charge is 0.325 e. The first-order valence-corrected chi connectivity index (χ1v) is 9.37. The fraction of sp³-hybridized carbons (Fsp3) is 0.333. The van der Waals surface area contributed by atoms with Crippen LogP contribution in [0.15, 0.2) is 39.8 Å².